The molecule has 1 aromatic heterocycles. The summed E-state index contributed by atoms with van der Waals surface area (Å²) in [5, 5.41) is 4.95. The topological polar surface area (TPSA) is 88.2 Å². The Labute approximate surface area is 162 Å². The highest BCUT2D eigenvalue weighted by atomic mass is 79.9. The van der Waals surface area contributed by atoms with E-state index in [0.29, 0.717) is 10.5 Å². The van der Waals surface area contributed by atoms with Crippen LogP contribution in [0.4, 0.5) is 24.5 Å². The quantitative estimate of drug-likeness (QED) is 0.697. The maximum absolute atomic E-state index is 12.9. The van der Waals surface area contributed by atoms with Crippen LogP contribution in [0.25, 0.3) is 0 Å². The van der Waals surface area contributed by atoms with E-state index in [4.69, 9.17) is 0 Å². The maximum Gasteiger partial charge on any atom is 0.433 e. The van der Waals surface area contributed by atoms with Crippen molar-refractivity contribution in [3.05, 3.63) is 46.2 Å². The minimum Gasteiger partial charge on any atom is -0.385 e. The van der Waals surface area contributed by atoms with Crippen molar-refractivity contribution in [2.24, 2.45) is 0 Å². The van der Waals surface area contributed by atoms with Gasteiger partial charge in [-0.05, 0) is 24.3 Å². The maximum atomic E-state index is 12.9. The van der Waals surface area contributed by atoms with Crippen molar-refractivity contribution in [1.29, 1.82) is 0 Å². The Morgan fingerprint density at radius 1 is 1.22 bits per heavy atom. The number of hydrogen-bond acceptors (Lipinski definition) is 5. The Bertz CT molecular complexity index is 979. The first-order chi connectivity index (χ1) is 12.5. The number of carbonyl (C=O) groups excluding carboxylic acids is 1. The van der Waals surface area contributed by atoms with Crippen LogP contribution in [-0.2, 0) is 16.0 Å². The minimum atomic E-state index is -4.69. The van der Waals surface area contributed by atoms with Crippen LogP contribution in [0.1, 0.15) is 23.0 Å². The molecule has 0 aliphatic rings. The SMILES string of the molecule is CCS(=O)(=O)c1cc(Br)ccc1C(=O)Nc1cc(C(F)(F)F)ncc1NC. The van der Waals surface area contributed by atoms with E-state index in [0.717, 1.165) is 6.20 Å². The van der Waals surface area contributed by atoms with Gasteiger partial charge in [-0.25, -0.2) is 13.4 Å². The molecule has 2 N–H and O–H groups in total. The minimum absolute atomic E-state index is 0.147. The zero-order valence-electron chi connectivity index (χ0n) is 14.2. The number of benzene rings is 1. The molecule has 6 nitrogen and oxygen atoms in total. The lowest BCUT2D eigenvalue weighted by molar-refractivity contribution is -0.141. The number of alkyl halides is 3. The van der Waals surface area contributed by atoms with Crippen molar-refractivity contribution < 1.29 is 26.4 Å². The normalized spacial score (nSPS) is 11.9. The Kier molecular flexibility index (Phi) is 6.15. The zero-order chi connectivity index (χ0) is 20.4. The molecule has 0 radical (unpaired) electrons. The van der Waals surface area contributed by atoms with E-state index in [9.17, 15) is 26.4 Å². The van der Waals surface area contributed by atoms with Gasteiger partial charge in [0, 0.05) is 11.5 Å². The molecule has 1 amide bonds. The molecule has 146 valence electrons. The number of pyridine rings is 1. The summed E-state index contributed by atoms with van der Waals surface area (Å²) in [6, 6.07) is 4.71. The summed E-state index contributed by atoms with van der Waals surface area (Å²) >= 11 is 3.15. The third-order valence-corrected chi connectivity index (χ3v) is 5.88. The van der Waals surface area contributed by atoms with Gasteiger partial charge in [0.2, 0.25) is 0 Å². The highest BCUT2D eigenvalue weighted by Gasteiger charge is 2.33. The molecule has 2 aromatic rings. The zero-order valence-corrected chi connectivity index (χ0v) is 16.6. The molecule has 0 saturated heterocycles. The average molecular weight is 466 g/mol. The molecule has 27 heavy (non-hydrogen) atoms. The molecule has 1 heterocycles. The molecule has 0 fully saturated rings. The predicted octanol–water partition coefficient (Wildman–Crippen LogP) is 3.95. The van der Waals surface area contributed by atoms with E-state index in [1.165, 1.54) is 32.2 Å². The summed E-state index contributed by atoms with van der Waals surface area (Å²) < 4.78 is 63.7. The van der Waals surface area contributed by atoms with Crippen molar-refractivity contribution in [1.82, 2.24) is 4.98 Å². The standard InChI is InChI=1S/C16H15BrF3N3O3S/c1-3-27(25,26)13-6-9(17)4-5-10(13)15(24)23-11-7-14(16(18,19)20)22-8-12(11)21-2/h4-8,21H,3H2,1-2H3,(H,22,23,24). The number of hydrogen-bond donors (Lipinski definition) is 2. The number of rotatable bonds is 5. The second kappa shape index (κ2) is 7.85. The van der Waals surface area contributed by atoms with Crippen LogP contribution >= 0.6 is 15.9 Å². The van der Waals surface area contributed by atoms with Crippen LogP contribution in [0.2, 0.25) is 0 Å². The smallest absolute Gasteiger partial charge is 0.385 e. The fraction of sp³-hybridized carbons (Fsp3) is 0.250. The summed E-state index contributed by atoms with van der Waals surface area (Å²) in [4.78, 5) is 15.7. The Balaban J connectivity index is 2.50. The summed E-state index contributed by atoms with van der Waals surface area (Å²) in [7, 11) is -2.28. The molecule has 2 rings (SSSR count). The largest absolute Gasteiger partial charge is 0.433 e. The number of nitrogens with one attached hydrogen (secondary N) is 2. The number of sulfone groups is 1. The first-order valence-electron chi connectivity index (χ1n) is 7.58. The molecule has 0 saturated carbocycles. The van der Waals surface area contributed by atoms with E-state index in [1.807, 2.05) is 0 Å². The Hall–Kier alpha value is -2.14. The van der Waals surface area contributed by atoms with E-state index in [1.54, 1.807) is 0 Å². The van der Waals surface area contributed by atoms with E-state index >= 15 is 0 Å². The molecule has 0 aliphatic heterocycles. The third kappa shape index (κ3) is 4.78. The molecule has 0 bridgehead atoms. The summed E-state index contributed by atoms with van der Waals surface area (Å²) in [5.41, 5.74) is -1.39. The number of nitrogens with zero attached hydrogens (tertiary/aromatic N) is 1. The fourth-order valence-corrected chi connectivity index (χ4v) is 3.83. The van der Waals surface area contributed by atoms with Crippen LogP contribution in [0.15, 0.2) is 39.8 Å². The molecule has 11 heteroatoms. The van der Waals surface area contributed by atoms with Crippen LogP contribution in [-0.4, -0.2) is 32.1 Å². The second-order valence-electron chi connectivity index (χ2n) is 5.36. The lowest BCUT2D eigenvalue weighted by atomic mass is 10.2. The van der Waals surface area contributed by atoms with Crippen molar-refractivity contribution in [3.8, 4) is 0 Å². The molecular formula is C16H15BrF3N3O3S. The first kappa shape index (κ1) is 21.2. The van der Waals surface area contributed by atoms with E-state index in [2.05, 4.69) is 31.5 Å². The van der Waals surface area contributed by atoms with Gasteiger partial charge in [0.1, 0.15) is 5.69 Å². The first-order valence-corrected chi connectivity index (χ1v) is 10.0. The van der Waals surface area contributed by atoms with Crippen molar-refractivity contribution >= 4 is 43.0 Å². The third-order valence-electron chi connectivity index (χ3n) is 3.62. The number of aromatic nitrogens is 1. The number of amides is 1. The highest BCUT2D eigenvalue weighted by Crippen LogP contribution is 2.32. The van der Waals surface area contributed by atoms with Crippen LogP contribution in [0.3, 0.4) is 0 Å². The van der Waals surface area contributed by atoms with Crippen molar-refractivity contribution in [2.75, 3.05) is 23.4 Å². The number of carbonyl (C=O) groups is 1. The summed E-state index contributed by atoms with van der Waals surface area (Å²) in [6.07, 6.45) is -3.76. The summed E-state index contributed by atoms with van der Waals surface area (Å²) in [6.45, 7) is 1.43. The highest BCUT2D eigenvalue weighted by molar-refractivity contribution is 9.10. The van der Waals surface area contributed by atoms with Gasteiger partial charge >= 0.3 is 6.18 Å². The van der Waals surface area contributed by atoms with Gasteiger partial charge < -0.3 is 10.6 Å². The molecule has 0 aliphatic carbocycles. The monoisotopic (exact) mass is 465 g/mol. The Morgan fingerprint density at radius 2 is 1.89 bits per heavy atom. The molecule has 1 aromatic carbocycles. The van der Waals surface area contributed by atoms with Crippen molar-refractivity contribution in [2.45, 2.75) is 18.0 Å². The predicted molar refractivity (Wildman–Crippen MR) is 98.6 cm³/mol. The van der Waals surface area contributed by atoms with Gasteiger partial charge in [0.25, 0.3) is 5.91 Å². The van der Waals surface area contributed by atoms with Gasteiger partial charge in [-0.2, -0.15) is 13.2 Å². The molecular weight excluding hydrogens is 451 g/mol. The lowest BCUT2D eigenvalue weighted by Crippen LogP contribution is -2.19. The van der Waals surface area contributed by atoms with E-state index in [-0.39, 0.29) is 27.6 Å². The van der Waals surface area contributed by atoms with Gasteiger partial charge in [0.15, 0.2) is 9.84 Å². The molecule has 0 spiro atoms. The number of halogens is 4. The molecule has 0 unspecified atom stereocenters. The van der Waals surface area contributed by atoms with Gasteiger partial charge in [0.05, 0.1) is 33.8 Å². The van der Waals surface area contributed by atoms with Crippen LogP contribution < -0.4 is 10.6 Å². The van der Waals surface area contributed by atoms with Crippen molar-refractivity contribution in [3.63, 3.8) is 0 Å². The Morgan fingerprint density at radius 3 is 2.44 bits per heavy atom. The average Bonchev–Trinajstić information content (AvgIpc) is 2.60. The lowest BCUT2D eigenvalue weighted by Gasteiger charge is -2.15. The van der Waals surface area contributed by atoms with Crippen LogP contribution in [0, 0.1) is 0 Å². The van der Waals surface area contributed by atoms with E-state index < -0.39 is 27.6 Å². The fourth-order valence-electron chi connectivity index (χ4n) is 2.20. The molecule has 0 atom stereocenters. The van der Waals surface area contributed by atoms with Gasteiger partial charge in [-0.3, -0.25) is 4.79 Å². The summed E-state index contributed by atoms with van der Waals surface area (Å²) in [5.74, 6) is -1.09. The van der Waals surface area contributed by atoms with Gasteiger partial charge in [-0.15, -0.1) is 0 Å². The second-order valence-corrected chi connectivity index (χ2v) is 8.52. The van der Waals surface area contributed by atoms with Crippen LogP contribution in [0.5, 0.6) is 0 Å². The van der Waals surface area contributed by atoms with Gasteiger partial charge in [-0.1, -0.05) is 22.9 Å². The number of anilines is 2.